The molecule has 0 fully saturated rings. The van der Waals surface area contributed by atoms with Gasteiger partial charge in [-0.1, -0.05) is 5.92 Å². The van der Waals surface area contributed by atoms with Gasteiger partial charge in [-0.3, -0.25) is 0 Å². The fourth-order valence-electron chi connectivity index (χ4n) is 0.386. The number of hydrogen-bond donors (Lipinski definition) is 0. The summed E-state index contributed by atoms with van der Waals surface area (Å²) in [6.07, 6.45) is 5.02. The molecular formula is C8H10O4. The first-order valence-corrected chi connectivity index (χ1v) is 3.22. The van der Waals surface area contributed by atoms with E-state index in [2.05, 4.69) is 15.4 Å². The molecule has 0 aliphatic heterocycles. The van der Waals surface area contributed by atoms with Crippen molar-refractivity contribution in [2.45, 2.75) is 19.4 Å². The summed E-state index contributed by atoms with van der Waals surface area (Å²) in [6, 6.07) is 0. The van der Waals surface area contributed by atoms with Crippen molar-refractivity contribution in [2.75, 3.05) is 7.11 Å². The van der Waals surface area contributed by atoms with Crippen molar-refractivity contribution < 1.29 is 19.1 Å². The fraction of sp³-hybridized carbons (Fsp3) is 0.500. The van der Waals surface area contributed by atoms with Gasteiger partial charge < -0.3 is 9.47 Å². The van der Waals surface area contributed by atoms with Gasteiger partial charge in [0.25, 0.3) is 0 Å². The molecule has 0 saturated heterocycles. The van der Waals surface area contributed by atoms with Crippen LogP contribution < -0.4 is 0 Å². The number of terminal acetylenes is 1. The maximum absolute atomic E-state index is 10.8. The van der Waals surface area contributed by atoms with Gasteiger partial charge in [0, 0.05) is 0 Å². The Bertz CT molecular complexity index is 234. The summed E-state index contributed by atoms with van der Waals surface area (Å²) in [5.41, 5.74) is -1.08. The molecule has 0 rings (SSSR count). The molecule has 12 heavy (non-hydrogen) atoms. The van der Waals surface area contributed by atoms with E-state index < -0.39 is 17.5 Å². The second kappa shape index (κ2) is 3.77. The van der Waals surface area contributed by atoms with Gasteiger partial charge in [0.2, 0.25) is 0 Å². The summed E-state index contributed by atoms with van der Waals surface area (Å²) < 4.78 is 8.71. The highest BCUT2D eigenvalue weighted by atomic mass is 16.6. The number of rotatable bonds is 1. The SMILES string of the molecule is C#CC(C)(C)OC(=O)C(=O)OC. The molecule has 0 bridgehead atoms. The lowest BCUT2D eigenvalue weighted by Crippen LogP contribution is -2.30. The standard InChI is InChI=1S/C8H10O4/c1-5-8(2,3)12-7(10)6(9)11-4/h1H,2-4H3. The third kappa shape index (κ3) is 3.06. The number of methoxy groups -OCH3 is 1. The van der Waals surface area contributed by atoms with E-state index in [9.17, 15) is 9.59 Å². The quantitative estimate of drug-likeness (QED) is 0.318. The van der Waals surface area contributed by atoms with E-state index in [1.165, 1.54) is 13.8 Å². The van der Waals surface area contributed by atoms with Crippen LogP contribution in [0.5, 0.6) is 0 Å². The monoisotopic (exact) mass is 170 g/mol. The molecule has 0 aromatic rings. The molecule has 66 valence electrons. The van der Waals surface area contributed by atoms with Gasteiger partial charge in [0.1, 0.15) is 0 Å². The molecule has 4 heteroatoms. The first-order valence-electron chi connectivity index (χ1n) is 3.22. The van der Waals surface area contributed by atoms with Crippen LogP contribution in [0.3, 0.4) is 0 Å². The number of carbonyl (C=O) groups is 2. The second-order valence-electron chi connectivity index (χ2n) is 2.54. The summed E-state index contributed by atoms with van der Waals surface area (Å²) in [5, 5.41) is 0. The second-order valence-corrected chi connectivity index (χ2v) is 2.54. The number of carbonyl (C=O) groups excluding carboxylic acids is 2. The first-order chi connectivity index (χ1) is 5.43. The van der Waals surface area contributed by atoms with E-state index >= 15 is 0 Å². The Hall–Kier alpha value is -1.50. The first kappa shape index (κ1) is 10.5. The van der Waals surface area contributed by atoms with Crippen molar-refractivity contribution >= 4 is 11.9 Å². The average Bonchev–Trinajstić information content (AvgIpc) is 2.02. The molecule has 0 N–H and O–H groups in total. The molecule has 0 radical (unpaired) electrons. The van der Waals surface area contributed by atoms with E-state index in [4.69, 9.17) is 6.42 Å². The molecule has 0 aromatic carbocycles. The van der Waals surface area contributed by atoms with Gasteiger partial charge in [-0.15, -0.1) is 6.42 Å². The van der Waals surface area contributed by atoms with Crippen LogP contribution in [0.1, 0.15) is 13.8 Å². The van der Waals surface area contributed by atoms with Gasteiger partial charge in [-0.2, -0.15) is 0 Å². The highest BCUT2D eigenvalue weighted by molar-refractivity contribution is 6.29. The normalized spacial score (nSPS) is 9.83. The van der Waals surface area contributed by atoms with Crippen LogP contribution in [0.4, 0.5) is 0 Å². The van der Waals surface area contributed by atoms with E-state index in [0.717, 1.165) is 7.11 Å². The van der Waals surface area contributed by atoms with Gasteiger partial charge in [-0.25, -0.2) is 9.59 Å². The molecule has 0 unspecified atom stereocenters. The van der Waals surface area contributed by atoms with Crippen molar-refractivity contribution in [1.29, 1.82) is 0 Å². The van der Waals surface area contributed by atoms with Gasteiger partial charge in [0.05, 0.1) is 7.11 Å². The smallest absolute Gasteiger partial charge is 0.418 e. The summed E-state index contributed by atoms with van der Waals surface area (Å²) in [6.45, 7) is 2.99. The third-order valence-electron chi connectivity index (χ3n) is 1.05. The van der Waals surface area contributed by atoms with Crippen LogP contribution in [0.2, 0.25) is 0 Å². The average molecular weight is 170 g/mol. The van der Waals surface area contributed by atoms with Crippen molar-refractivity contribution in [3.05, 3.63) is 0 Å². The van der Waals surface area contributed by atoms with Crippen molar-refractivity contribution in [3.63, 3.8) is 0 Å². The van der Waals surface area contributed by atoms with Crippen LogP contribution >= 0.6 is 0 Å². The number of hydrogen-bond acceptors (Lipinski definition) is 4. The largest absolute Gasteiger partial charge is 0.461 e. The van der Waals surface area contributed by atoms with Crippen LogP contribution in [0.15, 0.2) is 0 Å². The maximum Gasteiger partial charge on any atom is 0.418 e. The molecule has 0 aliphatic rings. The van der Waals surface area contributed by atoms with Gasteiger partial charge in [0.15, 0.2) is 5.60 Å². The lowest BCUT2D eigenvalue weighted by atomic mass is 10.1. The van der Waals surface area contributed by atoms with E-state index in [0.29, 0.717) is 0 Å². The Balaban J connectivity index is 4.21. The highest BCUT2D eigenvalue weighted by Gasteiger charge is 2.25. The minimum Gasteiger partial charge on any atom is -0.461 e. The molecule has 0 spiro atoms. The Morgan fingerprint density at radius 1 is 1.33 bits per heavy atom. The summed E-state index contributed by atoms with van der Waals surface area (Å²) in [4.78, 5) is 21.3. The van der Waals surface area contributed by atoms with Crippen molar-refractivity contribution in [1.82, 2.24) is 0 Å². The Morgan fingerprint density at radius 2 is 1.83 bits per heavy atom. The number of esters is 2. The zero-order chi connectivity index (χ0) is 9.78. The van der Waals surface area contributed by atoms with Crippen LogP contribution in [-0.4, -0.2) is 24.6 Å². The van der Waals surface area contributed by atoms with Gasteiger partial charge in [-0.05, 0) is 13.8 Å². The van der Waals surface area contributed by atoms with Crippen molar-refractivity contribution in [3.8, 4) is 12.3 Å². The zero-order valence-electron chi connectivity index (χ0n) is 7.21. The topological polar surface area (TPSA) is 52.6 Å². The molecule has 0 aromatic heterocycles. The van der Waals surface area contributed by atoms with E-state index in [1.807, 2.05) is 0 Å². The molecule has 0 heterocycles. The lowest BCUT2D eigenvalue weighted by Gasteiger charge is -2.16. The Labute approximate surface area is 70.8 Å². The van der Waals surface area contributed by atoms with Crippen LogP contribution in [-0.2, 0) is 19.1 Å². The predicted octanol–water partition coefficient (Wildman–Crippen LogP) is 0.114. The Morgan fingerprint density at radius 3 is 2.17 bits per heavy atom. The Kier molecular flexibility index (Phi) is 3.30. The van der Waals surface area contributed by atoms with Crippen LogP contribution in [0, 0.1) is 12.3 Å². The molecule has 0 amide bonds. The summed E-state index contributed by atoms with van der Waals surface area (Å²) in [7, 11) is 1.09. The highest BCUT2D eigenvalue weighted by Crippen LogP contribution is 2.07. The molecule has 0 saturated carbocycles. The fourth-order valence-corrected chi connectivity index (χ4v) is 0.386. The minimum atomic E-state index is -1.08. The summed E-state index contributed by atoms with van der Waals surface area (Å²) >= 11 is 0. The third-order valence-corrected chi connectivity index (χ3v) is 1.05. The van der Waals surface area contributed by atoms with E-state index in [1.54, 1.807) is 0 Å². The molecular weight excluding hydrogens is 160 g/mol. The number of ether oxygens (including phenoxy) is 2. The molecule has 0 atom stereocenters. The van der Waals surface area contributed by atoms with Gasteiger partial charge >= 0.3 is 11.9 Å². The van der Waals surface area contributed by atoms with Crippen molar-refractivity contribution in [2.24, 2.45) is 0 Å². The lowest BCUT2D eigenvalue weighted by molar-refractivity contribution is -0.171. The maximum atomic E-state index is 10.8. The molecule has 0 aliphatic carbocycles. The predicted molar refractivity (Wildman–Crippen MR) is 41.0 cm³/mol. The van der Waals surface area contributed by atoms with E-state index in [-0.39, 0.29) is 0 Å². The zero-order valence-corrected chi connectivity index (χ0v) is 7.21. The van der Waals surface area contributed by atoms with Crippen LogP contribution in [0.25, 0.3) is 0 Å². The molecule has 4 nitrogen and oxygen atoms in total. The summed E-state index contributed by atoms with van der Waals surface area (Å²) in [5.74, 6) is 0.0603. The minimum absolute atomic E-state index is 1.06.